The van der Waals surface area contributed by atoms with Crippen LogP contribution in [0.15, 0.2) is 28.7 Å². The molecule has 2 amide bonds. The van der Waals surface area contributed by atoms with E-state index in [0.717, 1.165) is 4.47 Å². The molecule has 20 heavy (non-hydrogen) atoms. The highest BCUT2D eigenvalue weighted by atomic mass is 79.9. The zero-order chi connectivity index (χ0) is 15.3. The molecule has 0 saturated carbocycles. The standard InChI is InChI=1S/C14H19BrN2O3/c1-14(2,9-18)17(3)12(19)8-16-13(20)10-4-6-11(15)7-5-10/h4-7,18H,8-9H2,1-3H3,(H,16,20). The van der Waals surface area contributed by atoms with E-state index in [-0.39, 0.29) is 25.0 Å². The Labute approximate surface area is 127 Å². The van der Waals surface area contributed by atoms with Crippen molar-refractivity contribution in [3.05, 3.63) is 34.3 Å². The van der Waals surface area contributed by atoms with Crippen molar-refractivity contribution < 1.29 is 14.7 Å². The Morgan fingerprint density at radius 1 is 1.30 bits per heavy atom. The SMILES string of the molecule is CN(C(=O)CNC(=O)c1ccc(Br)cc1)C(C)(C)CO. The van der Waals surface area contributed by atoms with Crippen LogP contribution in [-0.4, -0.2) is 47.6 Å². The van der Waals surface area contributed by atoms with Crippen LogP contribution in [0.5, 0.6) is 0 Å². The maximum atomic E-state index is 11.9. The molecule has 0 fully saturated rings. The second-order valence-electron chi connectivity index (χ2n) is 5.11. The van der Waals surface area contributed by atoms with Crippen molar-refractivity contribution in [1.82, 2.24) is 10.2 Å². The molecule has 0 aliphatic carbocycles. The molecule has 0 bridgehead atoms. The van der Waals surface area contributed by atoms with Gasteiger partial charge in [-0.2, -0.15) is 0 Å². The number of nitrogens with one attached hydrogen (secondary N) is 1. The number of benzene rings is 1. The van der Waals surface area contributed by atoms with Crippen molar-refractivity contribution in [3.63, 3.8) is 0 Å². The van der Waals surface area contributed by atoms with Crippen LogP contribution in [-0.2, 0) is 4.79 Å². The van der Waals surface area contributed by atoms with Crippen LogP contribution in [0.4, 0.5) is 0 Å². The number of carbonyl (C=O) groups is 2. The topological polar surface area (TPSA) is 69.6 Å². The average Bonchev–Trinajstić information content (AvgIpc) is 2.44. The Morgan fingerprint density at radius 2 is 1.85 bits per heavy atom. The first-order valence-corrected chi connectivity index (χ1v) is 6.98. The van der Waals surface area contributed by atoms with Crippen LogP contribution in [0.3, 0.4) is 0 Å². The molecule has 0 spiro atoms. The number of carbonyl (C=O) groups excluding carboxylic acids is 2. The molecule has 1 rings (SSSR count). The fourth-order valence-electron chi connectivity index (χ4n) is 1.42. The van der Waals surface area contributed by atoms with Gasteiger partial charge in [-0.3, -0.25) is 9.59 Å². The molecule has 1 aromatic carbocycles. The molecule has 5 nitrogen and oxygen atoms in total. The smallest absolute Gasteiger partial charge is 0.251 e. The van der Waals surface area contributed by atoms with E-state index in [9.17, 15) is 14.7 Å². The molecule has 0 atom stereocenters. The maximum absolute atomic E-state index is 11.9. The van der Waals surface area contributed by atoms with E-state index in [0.29, 0.717) is 5.56 Å². The third-order valence-corrected chi connectivity index (χ3v) is 3.70. The number of likely N-dealkylation sites (N-methyl/N-ethyl adjacent to an activating group) is 1. The Bertz CT molecular complexity index is 486. The molecule has 0 saturated heterocycles. The summed E-state index contributed by atoms with van der Waals surface area (Å²) in [7, 11) is 1.60. The van der Waals surface area contributed by atoms with Gasteiger partial charge in [-0.25, -0.2) is 0 Å². The van der Waals surface area contributed by atoms with Gasteiger partial charge in [-0.1, -0.05) is 15.9 Å². The molecule has 0 unspecified atom stereocenters. The summed E-state index contributed by atoms with van der Waals surface area (Å²) in [5.74, 6) is -0.560. The number of hydrogen-bond acceptors (Lipinski definition) is 3. The summed E-state index contributed by atoms with van der Waals surface area (Å²) in [6, 6.07) is 6.87. The Hall–Kier alpha value is -1.40. The second-order valence-corrected chi connectivity index (χ2v) is 6.03. The molecule has 0 aliphatic rings. The van der Waals surface area contributed by atoms with Gasteiger partial charge in [-0.15, -0.1) is 0 Å². The van der Waals surface area contributed by atoms with Crippen molar-refractivity contribution in [2.45, 2.75) is 19.4 Å². The van der Waals surface area contributed by atoms with E-state index in [2.05, 4.69) is 21.2 Å². The lowest BCUT2D eigenvalue weighted by atomic mass is 10.1. The zero-order valence-electron chi connectivity index (χ0n) is 11.8. The summed E-state index contributed by atoms with van der Waals surface area (Å²) in [6.45, 7) is 3.26. The molecule has 0 aromatic heterocycles. The monoisotopic (exact) mass is 342 g/mol. The quantitative estimate of drug-likeness (QED) is 0.849. The summed E-state index contributed by atoms with van der Waals surface area (Å²) >= 11 is 3.29. The van der Waals surface area contributed by atoms with Crippen LogP contribution in [0, 0.1) is 0 Å². The van der Waals surface area contributed by atoms with Crippen LogP contribution in [0.1, 0.15) is 24.2 Å². The molecule has 0 aliphatic heterocycles. The van der Waals surface area contributed by atoms with Crippen LogP contribution in [0.2, 0.25) is 0 Å². The first-order valence-electron chi connectivity index (χ1n) is 6.19. The molecule has 0 radical (unpaired) electrons. The van der Waals surface area contributed by atoms with Crippen molar-refractivity contribution in [2.24, 2.45) is 0 Å². The number of amides is 2. The Kier molecular flexibility index (Phi) is 5.71. The molecule has 0 heterocycles. The van der Waals surface area contributed by atoms with Gasteiger partial charge in [0, 0.05) is 17.1 Å². The molecule has 1 aromatic rings. The predicted molar refractivity (Wildman–Crippen MR) is 80.4 cm³/mol. The van der Waals surface area contributed by atoms with Gasteiger partial charge in [0.1, 0.15) is 0 Å². The fourth-order valence-corrected chi connectivity index (χ4v) is 1.69. The average molecular weight is 343 g/mol. The first kappa shape index (κ1) is 16.7. The van der Waals surface area contributed by atoms with Gasteiger partial charge in [-0.05, 0) is 38.1 Å². The van der Waals surface area contributed by atoms with Crippen LogP contribution >= 0.6 is 15.9 Å². The van der Waals surface area contributed by atoms with Crippen molar-refractivity contribution in [2.75, 3.05) is 20.2 Å². The summed E-state index contributed by atoms with van der Waals surface area (Å²) < 4.78 is 0.884. The minimum Gasteiger partial charge on any atom is -0.394 e. The number of aliphatic hydroxyl groups excluding tert-OH is 1. The lowest BCUT2D eigenvalue weighted by molar-refractivity contribution is -0.134. The number of halogens is 1. The first-order chi connectivity index (χ1) is 9.27. The van der Waals surface area contributed by atoms with Crippen molar-refractivity contribution in [1.29, 1.82) is 0 Å². The summed E-state index contributed by atoms with van der Waals surface area (Å²) in [4.78, 5) is 25.2. The number of aliphatic hydroxyl groups is 1. The minimum absolute atomic E-state index is 0.102. The van der Waals surface area contributed by atoms with E-state index in [1.807, 2.05) is 0 Å². The second kappa shape index (κ2) is 6.85. The molecular formula is C14H19BrN2O3. The van der Waals surface area contributed by atoms with Gasteiger partial charge in [0.15, 0.2) is 0 Å². The van der Waals surface area contributed by atoms with Gasteiger partial charge < -0.3 is 15.3 Å². The van der Waals surface area contributed by atoms with Gasteiger partial charge in [0.25, 0.3) is 5.91 Å². The van der Waals surface area contributed by atoms with Crippen molar-refractivity contribution >= 4 is 27.7 Å². The largest absolute Gasteiger partial charge is 0.394 e. The van der Waals surface area contributed by atoms with Crippen LogP contribution < -0.4 is 5.32 Å². The van der Waals surface area contributed by atoms with Gasteiger partial charge >= 0.3 is 0 Å². The van der Waals surface area contributed by atoms with Gasteiger partial charge in [0.05, 0.1) is 18.7 Å². The highest BCUT2D eigenvalue weighted by Gasteiger charge is 2.26. The summed E-state index contributed by atoms with van der Waals surface area (Å²) in [5, 5.41) is 11.8. The van der Waals surface area contributed by atoms with Gasteiger partial charge in [0.2, 0.25) is 5.91 Å². The Balaban J connectivity index is 2.57. The fraction of sp³-hybridized carbons (Fsp3) is 0.429. The zero-order valence-corrected chi connectivity index (χ0v) is 13.4. The maximum Gasteiger partial charge on any atom is 0.251 e. The number of rotatable bonds is 5. The van der Waals surface area contributed by atoms with E-state index in [1.165, 1.54) is 4.90 Å². The molecule has 6 heteroatoms. The molecule has 110 valence electrons. The minimum atomic E-state index is -0.653. The van der Waals surface area contributed by atoms with Crippen LogP contribution in [0.25, 0.3) is 0 Å². The lowest BCUT2D eigenvalue weighted by Gasteiger charge is -2.33. The van der Waals surface area contributed by atoms with E-state index in [1.54, 1.807) is 45.2 Å². The lowest BCUT2D eigenvalue weighted by Crippen LogP contribution is -2.50. The number of hydrogen-bond donors (Lipinski definition) is 2. The predicted octanol–water partition coefficient (Wildman–Crippen LogP) is 1.41. The highest BCUT2D eigenvalue weighted by Crippen LogP contribution is 2.12. The highest BCUT2D eigenvalue weighted by molar-refractivity contribution is 9.10. The Morgan fingerprint density at radius 3 is 2.35 bits per heavy atom. The molecular weight excluding hydrogens is 324 g/mol. The van der Waals surface area contributed by atoms with E-state index < -0.39 is 5.54 Å². The number of nitrogens with zero attached hydrogens (tertiary/aromatic N) is 1. The normalized spacial score (nSPS) is 11.1. The summed E-state index contributed by atoms with van der Waals surface area (Å²) in [6.07, 6.45) is 0. The van der Waals surface area contributed by atoms with E-state index in [4.69, 9.17) is 0 Å². The molecule has 2 N–H and O–H groups in total. The van der Waals surface area contributed by atoms with E-state index >= 15 is 0 Å². The van der Waals surface area contributed by atoms with Crippen molar-refractivity contribution in [3.8, 4) is 0 Å². The third-order valence-electron chi connectivity index (χ3n) is 3.18. The third kappa shape index (κ3) is 4.31. The summed E-state index contributed by atoms with van der Waals surface area (Å²) in [5.41, 5.74) is -0.163.